The normalized spacial score (nSPS) is 8.82. The topological polar surface area (TPSA) is 59.4 Å². The molecule has 6 heteroatoms. The maximum atomic E-state index is 10.8. The first kappa shape index (κ1) is 8.26. The van der Waals surface area contributed by atoms with E-state index in [1.807, 2.05) is 0 Å². The summed E-state index contributed by atoms with van der Waals surface area (Å²) in [5.41, 5.74) is 1.64. The Hall–Kier alpha value is -0.840. The number of thiazole rings is 1. The lowest BCUT2D eigenvalue weighted by Crippen LogP contribution is -1.94. The van der Waals surface area contributed by atoms with Gasteiger partial charge in [-0.3, -0.25) is 4.79 Å². The summed E-state index contributed by atoms with van der Waals surface area (Å²) < 4.78 is 0.571. The number of hydrogen-bond donors (Lipinski definition) is 0. The highest BCUT2D eigenvalue weighted by Crippen LogP contribution is 2.20. The second-order valence-corrected chi connectivity index (χ2v) is 3.66. The van der Waals surface area contributed by atoms with Crippen LogP contribution in [0.4, 0.5) is 0 Å². The first-order chi connectivity index (χ1) is 5.25. The van der Waals surface area contributed by atoms with E-state index in [-0.39, 0.29) is 5.69 Å². The van der Waals surface area contributed by atoms with Crippen molar-refractivity contribution in [2.75, 3.05) is 0 Å². The van der Waals surface area contributed by atoms with Gasteiger partial charge in [0.25, 0.3) is 0 Å². The van der Waals surface area contributed by atoms with Gasteiger partial charge >= 0.3 is 5.91 Å². The third-order valence-electron chi connectivity index (χ3n) is 0.874. The Morgan fingerprint density at radius 3 is 3.00 bits per heavy atom. The lowest BCUT2D eigenvalue weighted by molar-refractivity contribution is 0.0998. The molecule has 4 nitrogen and oxygen atoms in total. The molecule has 0 aromatic carbocycles. The Balaban J connectivity index is 3.02. The molecule has 0 bridgehead atoms. The van der Waals surface area contributed by atoms with Gasteiger partial charge < -0.3 is 0 Å². The zero-order valence-corrected chi connectivity index (χ0v) is 7.48. The number of aliphatic imine (C=N–C) groups is 1. The predicted octanol–water partition coefficient (Wildman–Crippen LogP) is 1.38. The standard InChI is InChI=1S/C5HBrN2O2S/c6-4-3(8-2-11-4)5(10)7-1-9/h2H. The number of amides is 1. The van der Waals surface area contributed by atoms with Crippen molar-refractivity contribution in [1.82, 2.24) is 4.98 Å². The molecule has 11 heavy (non-hydrogen) atoms. The lowest BCUT2D eigenvalue weighted by atomic mass is 10.5. The molecule has 0 aliphatic rings. The summed E-state index contributed by atoms with van der Waals surface area (Å²) in [5.74, 6) is -0.673. The van der Waals surface area contributed by atoms with Crippen molar-refractivity contribution in [3.05, 3.63) is 15.0 Å². The quantitative estimate of drug-likeness (QED) is 0.543. The zero-order chi connectivity index (χ0) is 8.27. The number of rotatable bonds is 1. The van der Waals surface area contributed by atoms with Crippen LogP contribution in [0.1, 0.15) is 10.5 Å². The minimum atomic E-state index is -0.673. The number of carbonyl (C=O) groups is 1. The SMILES string of the molecule is O=C=NC(=O)c1ncsc1Br. The number of isocyanates is 1. The van der Waals surface area contributed by atoms with E-state index >= 15 is 0 Å². The molecule has 0 aliphatic carbocycles. The van der Waals surface area contributed by atoms with Gasteiger partial charge in [0, 0.05) is 0 Å². The van der Waals surface area contributed by atoms with Crippen LogP contribution in [0.2, 0.25) is 0 Å². The predicted molar refractivity (Wildman–Crippen MR) is 42.3 cm³/mol. The molecule has 0 N–H and O–H groups in total. The number of nitrogens with zero attached hydrogens (tertiary/aromatic N) is 2. The van der Waals surface area contributed by atoms with E-state index in [1.54, 1.807) is 0 Å². The van der Waals surface area contributed by atoms with Crippen molar-refractivity contribution in [3.8, 4) is 0 Å². The van der Waals surface area contributed by atoms with Crippen LogP contribution in [-0.2, 0) is 4.79 Å². The highest BCUT2D eigenvalue weighted by Gasteiger charge is 2.11. The maximum absolute atomic E-state index is 10.8. The van der Waals surface area contributed by atoms with Gasteiger partial charge in [0.05, 0.1) is 5.51 Å². The Morgan fingerprint density at radius 1 is 1.82 bits per heavy atom. The van der Waals surface area contributed by atoms with E-state index in [2.05, 4.69) is 25.9 Å². The first-order valence-corrected chi connectivity index (χ1v) is 4.14. The van der Waals surface area contributed by atoms with Crippen molar-refractivity contribution >= 4 is 39.3 Å². The smallest absolute Gasteiger partial charge is 0.264 e. The van der Waals surface area contributed by atoms with Gasteiger partial charge in [-0.25, -0.2) is 9.78 Å². The van der Waals surface area contributed by atoms with E-state index in [0.29, 0.717) is 3.79 Å². The molecule has 1 amide bonds. The van der Waals surface area contributed by atoms with Gasteiger partial charge in [0.1, 0.15) is 3.79 Å². The first-order valence-electron chi connectivity index (χ1n) is 2.47. The van der Waals surface area contributed by atoms with Crippen LogP contribution in [0.3, 0.4) is 0 Å². The Kier molecular flexibility index (Phi) is 2.64. The average Bonchev–Trinajstić information content (AvgIpc) is 2.36. The maximum Gasteiger partial charge on any atom is 0.308 e. The average molecular weight is 233 g/mol. The molecule has 0 radical (unpaired) electrons. The van der Waals surface area contributed by atoms with E-state index in [9.17, 15) is 9.59 Å². The minimum absolute atomic E-state index is 0.151. The number of carbonyl (C=O) groups excluding carboxylic acids is 2. The van der Waals surface area contributed by atoms with Gasteiger partial charge in [0.15, 0.2) is 5.69 Å². The summed E-state index contributed by atoms with van der Waals surface area (Å²) in [6.45, 7) is 0. The molecule has 0 unspecified atom stereocenters. The van der Waals surface area contributed by atoms with E-state index < -0.39 is 5.91 Å². The van der Waals surface area contributed by atoms with Crippen LogP contribution in [0.5, 0.6) is 0 Å². The summed E-state index contributed by atoms with van der Waals surface area (Å²) in [7, 11) is 0. The van der Waals surface area contributed by atoms with Crippen LogP contribution >= 0.6 is 27.3 Å². The summed E-state index contributed by atoms with van der Waals surface area (Å²) in [6.07, 6.45) is 1.15. The lowest BCUT2D eigenvalue weighted by Gasteiger charge is -1.83. The van der Waals surface area contributed by atoms with Crippen molar-refractivity contribution < 1.29 is 9.59 Å². The molecular formula is C5HBrN2O2S. The molecule has 0 atom stereocenters. The van der Waals surface area contributed by atoms with E-state index in [0.717, 1.165) is 6.08 Å². The van der Waals surface area contributed by atoms with Gasteiger partial charge in [-0.1, -0.05) is 0 Å². The van der Waals surface area contributed by atoms with E-state index in [1.165, 1.54) is 16.8 Å². The summed E-state index contributed by atoms with van der Waals surface area (Å²) in [5, 5.41) is 0. The molecule has 1 rings (SSSR count). The van der Waals surface area contributed by atoms with Crippen LogP contribution in [0.25, 0.3) is 0 Å². The second kappa shape index (κ2) is 3.52. The van der Waals surface area contributed by atoms with Gasteiger partial charge in [0.2, 0.25) is 6.08 Å². The summed E-state index contributed by atoms with van der Waals surface area (Å²) >= 11 is 4.34. The molecule has 0 aliphatic heterocycles. The largest absolute Gasteiger partial charge is 0.308 e. The zero-order valence-electron chi connectivity index (χ0n) is 5.07. The fourth-order valence-electron chi connectivity index (χ4n) is 0.466. The van der Waals surface area contributed by atoms with Crippen molar-refractivity contribution in [3.63, 3.8) is 0 Å². The molecule has 1 heterocycles. The third-order valence-corrected chi connectivity index (χ3v) is 2.42. The van der Waals surface area contributed by atoms with Gasteiger partial charge in [-0.15, -0.1) is 16.3 Å². The van der Waals surface area contributed by atoms with Gasteiger partial charge in [-0.05, 0) is 15.9 Å². The number of hydrogen-bond acceptors (Lipinski definition) is 4. The highest BCUT2D eigenvalue weighted by molar-refractivity contribution is 9.11. The fraction of sp³-hybridized carbons (Fsp3) is 0. The molecule has 56 valence electrons. The van der Waals surface area contributed by atoms with Crippen LogP contribution in [-0.4, -0.2) is 17.0 Å². The summed E-state index contributed by atoms with van der Waals surface area (Å²) in [4.78, 5) is 27.1. The van der Waals surface area contributed by atoms with Crippen molar-refractivity contribution in [2.45, 2.75) is 0 Å². The van der Waals surface area contributed by atoms with Crippen LogP contribution in [0, 0.1) is 0 Å². The fourth-order valence-corrected chi connectivity index (χ4v) is 1.49. The van der Waals surface area contributed by atoms with Crippen LogP contribution < -0.4 is 0 Å². The third kappa shape index (κ3) is 1.80. The Morgan fingerprint density at radius 2 is 2.55 bits per heavy atom. The Labute approximate surface area is 74.1 Å². The van der Waals surface area contributed by atoms with E-state index in [4.69, 9.17) is 0 Å². The van der Waals surface area contributed by atoms with Gasteiger partial charge in [-0.2, -0.15) is 0 Å². The molecule has 1 aromatic rings. The molecule has 1 aromatic heterocycles. The van der Waals surface area contributed by atoms with Crippen molar-refractivity contribution in [1.29, 1.82) is 0 Å². The Bertz CT molecular complexity index is 329. The highest BCUT2D eigenvalue weighted by atomic mass is 79.9. The molecule has 0 saturated heterocycles. The second-order valence-electron chi connectivity index (χ2n) is 1.48. The molecule has 0 spiro atoms. The minimum Gasteiger partial charge on any atom is -0.264 e. The summed E-state index contributed by atoms with van der Waals surface area (Å²) in [6, 6.07) is 0. The van der Waals surface area contributed by atoms with Crippen molar-refractivity contribution in [2.24, 2.45) is 4.99 Å². The monoisotopic (exact) mass is 232 g/mol. The number of aromatic nitrogens is 1. The number of halogens is 1. The molecule has 0 fully saturated rings. The molecule has 0 saturated carbocycles. The van der Waals surface area contributed by atoms with Crippen LogP contribution in [0.15, 0.2) is 14.3 Å². The molecular weight excluding hydrogens is 232 g/mol.